The molecule has 3 atom stereocenters. The van der Waals surface area contributed by atoms with E-state index in [1.54, 1.807) is 35.8 Å². The van der Waals surface area contributed by atoms with Crippen LogP contribution in [0.5, 0.6) is 11.5 Å². The summed E-state index contributed by atoms with van der Waals surface area (Å²) in [6.45, 7) is 0. The first-order valence-corrected chi connectivity index (χ1v) is 10.7. The average Bonchev–Trinajstić information content (AvgIpc) is 3.04. The molecule has 1 amide bonds. The standard InChI is InChI=1S/C20H22N2O5S/c23-19(22-24)14-12-15-10-11-20(13-14,21-15)28(25,26)18-9-5-4-8-17(18)27-16-6-2-1-3-7-16/h1-9,14-15,21,24H,10-13H2,(H,22,23). The van der Waals surface area contributed by atoms with Crippen LogP contribution in [0.4, 0.5) is 0 Å². The number of carbonyl (C=O) groups is 1. The maximum atomic E-state index is 13.7. The lowest BCUT2D eigenvalue weighted by Crippen LogP contribution is -2.56. The molecule has 28 heavy (non-hydrogen) atoms. The molecule has 2 fully saturated rings. The van der Waals surface area contributed by atoms with Gasteiger partial charge in [0.15, 0.2) is 0 Å². The number of piperidine rings is 1. The molecule has 2 aromatic carbocycles. The molecule has 2 saturated heterocycles. The molecule has 0 aromatic heterocycles. The van der Waals surface area contributed by atoms with Gasteiger partial charge in [-0.15, -0.1) is 0 Å². The summed E-state index contributed by atoms with van der Waals surface area (Å²) < 4.78 is 33.3. The third kappa shape index (κ3) is 3.17. The average molecular weight is 402 g/mol. The summed E-state index contributed by atoms with van der Waals surface area (Å²) in [7, 11) is -3.86. The van der Waals surface area contributed by atoms with Gasteiger partial charge in [-0.2, -0.15) is 0 Å². The maximum absolute atomic E-state index is 13.7. The molecule has 0 aliphatic carbocycles. The molecule has 3 N–H and O–H groups in total. The van der Waals surface area contributed by atoms with Gasteiger partial charge in [-0.05, 0) is 49.9 Å². The van der Waals surface area contributed by atoms with E-state index in [0.29, 0.717) is 25.0 Å². The van der Waals surface area contributed by atoms with Crippen molar-refractivity contribution in [3.05, 3.63) is 54.6 Å². The normalized spacial score (nSPS) is 26.6. The first kappa shape index (κ1) is 18.9. The van der Waals surface area contributed by atoms with Crippen molar-refractivity contribution in [2.45, 2.75) is 41.5 Å². The van der Waals surface area contributed by atoms with Crippen LogP contribution in [-0.4, -0.2) is 30.4 Å². The molecule has 2 aliphatic rings. The molecule has 148 valence electrons. The van der Waals surface area contributed by atoms with E-state index in [2.05, 4.69) is 5.32 Å². The summed E-state index contributed by atoms with van der Waals surface area (Å²) >= 11 is 0. The van der Waals surface area contributed by atoms with E-state index in [1.165, 1.54) is 6.07 Å². The van der Waals surface area contributed by atoms with Gasteiger partial charge in [0.1, 0.15) is 21.3 Å². The molecule has 2 aromatic rings. The highest BCUT2D eigenvalue weighted by Gasteiger charge is 2.55. The van der Waals surface area contributed by atoms with Gasteiger partial charge in [-0.3, -0.25) is 15.3 Å². The SMILES string of the molecule is O=C(NO)C1CC2CCC(S(=O)(=O)c3ccccc3Oc3ccccc3)(C1)N2. The van der Waals surface area contributed by atoms with Gasteiger partial charge in [-0.1, -0.05) is 30.3 Å². The van der Waals surface area contributed by atoms with Crippen LogP contribution >= 0.6 is 0 Å². The largest absolute Gasteiger partial charge is 0.456 e. The first-order chi connectivity index (χ1) is 13.4. The van der Waals surface area contributed by atoms with Crippen LogP contribution in [0.3, 0.4) is 0 Å². The van der Waals surface area contributed by atoms with Crippen molar-refractivity contribution in [1.29, 1.82) is 0 Å². The zero-order valence-electron chi connectivity index (χ0n) is 15.2. The summed E-state index contributed by atoms with van der Waals surface area (Å²) in [6, 6.07) is 15.5. The summed E-state index contributed by atoms with van der Waals surface area (Å²) in [5.74, 6) is -0.305. The second-order valence-corrected chi connectivity index (χ2v) is 9.58. The number of benzene rings is 2. The number of amides is 1. The smallest absolute Gasteiger partial charge is 0.246 e. The molecule has 4 rings (SSSR count). The van der Waals surface area contributed by atoms with Gasteiger partial charge in [0.25, 0.3) is 0 Å². The first-order valence-electron chi connectivity index (χ1n) is 9.23. The van der Waals surface area contributed by atoms with Gasteiger partial charge in [0, 0.05) is 12.0 Å². The highest BCUT2D eigenvalue weighted by Crippen LogP contribution is 2.46. The van der Waals surface area contributed by atoms with Gasteiger partial charge in [0.2, 0.25) is 15.7 Å². The van der Waals surface area contributed by atoms with Crippen molar-refractivity contribution in [3.8, 4) is 11.5 Å². The van der Waals surface area contributed by atoms with E-state index in [1.807, 2.05) is 18.2 Å². The van der Waals surface area contributed by atoms with Gasteiger partial charge >= 0.3 is 0 Å². The molecule has 2 aliphatic heterocycles. The Morgan fingerprint density at radius 1 is 1.14 bits per heavy atom. The Kier molecular flexibility index (Phi) is 4.86. The lowest BCUT2D eigenvalue weighted by molar-refractivity contribution is -0.134. The van der Waals surface area contributed by atoms with Crippen molar-refractivity contribution in [3.63, 3.8) is 0 Å². The predicted octanol–water partition coefficient (Wildman–Crippen LogP) is 2.62. The second kappa shape index (κ2) is 7.20. The summed E-state index contributed by atoms with van der Waals surface area (Å²) in [4.78, 5) is 10.8. The Morgan fingerprint density at radius 3 is 2.61 bits per heavy atom. The van der Waals surface area contributed by atoms with Crippen molar-refractivity contribution >= 4 is 15.7 Å². The molecule has 7 nitrogen and oxygen atoms in total. The molecular weight excluding hydrogens is 380 g/mol. The summed E-state index contributed by atoms with van der Waals surface area (Å²) in [5, 5.41) is 12.2. The third-order valence-electron chi connectivity index (χ3n) is 5.61. The Morgan fingerprint density at radius 2 is 1.86 bits per heavy atom. The van der Waals surface area contributed by atoms with Crippen LogP contribution in [0.25, 0.3) is 0 Å². The number of carbonyl (C=O) groups excluding carboxylic acids is 1. The van der Waals surface area contributed by atoms with Crippen LogP contribution in [-0.2, 0) is 14.6 Å². The third-order valence-corrected chi connectivity index (χ3v) is 8.05. The Labute approximate surface area is 163 Å². The minimum atomic E-state index is -3.86. The number of ether oxygens (including phenoxy) is 1. The fourth-order valence-corrected chi connectivity index (χ4v) is 6.46. The quantitative estimate of drug-likeness (QED) is 0.525. The van der Waals surface area contributed by atoms with Crippen molar-refractivity contribution in [1.82, 2.24) is 10.8 Å². The van der Waals surface area contributed by atoms with E-state index in [4.69, 9.17) is 9.94 Å². The Bertz CT molecular complexity index is 979. The van der Waals surface area contributed by atoms with E-state index < -0.39 is 26.5 Å². The molecular formula is C20H22N2O5S. The van der Waals surface area contributed by atoms with Crippen molar-refractivity contribution < 1.29 is 23.2 Å². The van der Waals surface area contributed by atoms with Gasteiger partial charge in [0.05, 0.1) is 0 Å². The van der Waals surface area contributed by atoms with Crippen LogP contribution in [0.15, 0.2) is 59.5 Å². The molecule has 2 bridgehead atoms. The van der Waals surface area contributed by atoms with Gasteiger partial charge < -0.3 is 4.74 Å². The minimum absolute atomic E-state index is 0.0759. The number of para-hydroxylation sites is 2. The summed E-state index contributed by atoms with van der Waals surface area (Å²) in [6.07, 6.45) is 1.69. The van der Waals surface area contributed by atoms with Gasteiger partial charge in [-0.25, -0.2) is 13.9 Å². The number of rotatable bonds is 5. The lowest BCUT2D eigenvalue weighted by Gasteiger charge is -2.37. The molecule has 0 saturated carbocycles. The van der Waals surface area contributed by atoms with E-state index in [0.717, 1.165) is 0 Å². The van der Waals surface area contributed by atoms with Crippen molar-refractivity contribution in [2.75, 3.05) is 0 Å². The fourth-order valence-electron chi connectivity index (χ4n) is 4.28. The molecule has 0 spiro atoms. The highest BCUT2D eigenvalue weighted by atomic mass is 32.2. The Balaban J connectivity index is 1.72. The van der Waals surface area contributed by atoms with Crippen LogP contribution < -0.4 is 15.5 Å². The number of hydrogen-bond donors (Lipinski definition) is 3. The monoisotopic (exact) mass is 402 g/mol. The topological polar surface area (TPSA) is 105 Å². The number of nitrogens with one attached hydrogen (secondary N) is 2. The molecule has 0 radical (unpaired) electrons. The predicted molar refractivity (Wildman–Crippen MR) is 102 cm³/mol. The maximum Gasteiger partial charge on any atom is 0.246 e. The second-order valence-electron chi connectivity index (χ2n) is 7.35. The van der Waals surface area contributed by atoms with Crippen molar-refractivity contribution in [2.24, 2.45) is 5.92 Å². The Hall–Kier alpha value is -2.42. The number of fused-ring (bicyclic) bond motifs is 2. The molecule has 8 heteroatoms. The lowest BCUT2D eigenvalue weighted by atomic mass is 9.91. The van der Waals surface area contributed by atoms with E-state index in [-0.39, 0.29) is 23.1 Å². The zero-order valence-corrected chi connectivity index (χ0v) is 16.0. The zero-order chi connectivity index (χ0) is 19.8. The fraction of sp³-hybridized carbons (Fsp3) is 0.350. The van der Waals surface area contributed by atoms with E-state index in [9.17, 15) is 13.2 Å². The highest BCUT2D eigenvalue weighted by molar-refractivity contribution is 7.93. The molecule has 3 unspecified atom stereocenters. The number of sulfone groups is 1. The van der Waals surface area contributed by atoms with Crippen LogP contribution in [0.1, 0.15) is 25.7 Å². The molecule has 2 heterocycles. The van der Waals surface area contributed by atoms with Crippen LogP contribution in [0, 0.1) is 5.92 Å². The van der Waals surface area contributed by atoms with E-state index >= 15 is 0 Å². The van der Waals surface area contributed by atoms with Crippen LogP contribution in [0.2, 0.25) is 0 Å². The number of hydroxylamine groups is 1. The summed E-state index contributed by atoms with van der Waals surface area (Å²) in [5.41, 5.74) is 1.67. The minimum Gasteiger partial charge on any atom is -0.456 e. The number of hydrogen-bond acceptors (Lipinski definition) is 6.